The van der Waals surface area contributed by atoms with Gasteiger partial charge in [-0.3, -0.25) is 5.10 Å². The average Bonchev–Trinajstić information content (AvgIpc) is 2.66. The van der Waals surface area contributed by atoms with Crippen LogP contribution < -0.4 is 0 Å². The van der Waals surface area contributed by atoms with Crippen molar-refractivity contribution in [2.45, 2.75) is 20.1 Å². The van der Waals surface area contributed by atoms with E-state index in [1.165, 1.54) is 6.07 Å². The van der Waals surface area contributed by atoms with Crippen LogP contribution >= 0.6 is 0 Å². The number of H-pyrrole nitrogens is 1. The number of nitrogens with zero attached hydrogens (tertiary/aromatic N) is 1. The predicted molar refractivity (Wildman–Crippen MR) is 51.5 cm³/mol. The number of carboxylic acids is 1. The smallest absolute Gasteiger partial charge is 0.356 e. The molecule has 0 aliphatic heterocycles. The Morgan fingerprint density at radius 3 is 2.53 bits per heavy atom. The summed E-state index contributed by atoms with van der Waals surface area (Å²) in [6, 6.07) is 1.40. The van der Waals surface area contributed by atoms with Crippen molar-refractivity contribution >= 4 is 5.97 Å². The van der Waals surface area contributed by atoms with Gasteiger partial charge >= 0.3 is 5.97 Å². The lowest BCUT2D eigenvalue weighted by Gasteiger charge is -2.14. The van der Waals surface area contributed by atoms with E-state index in [9.17, 15) is 4.79 Å². The number of carboxylic acid groups (broad SMARTS) is 1. The summed E-state index contributed by atoms with van der Waals surface area (Å²) in [4.78, 5) is 10.6. The molecular formula is C9H14N2O4. The van der Waals surface area contributed by atoms with Crippen LogP contribution in [0, 0.1) is 0 Å². The molecule has 0 radical (unpaired) electrons. The molecule has 0 bridgehead atoms. The molecule has 15 heavy (non-hydrogen) atoms. The Balaban J connectivity index is 2.76. The van der Waals surface area contributed by atoms with Crippen molar-refractivity contribution in [3.63, 3.8) is 0 Å². The molecule has 1 aromatic heterocycles. The van der Waals surface area contributed by atoms with Gasteiger partial charge in [-0.1, -0.05) is 0 Å². The summed E-state index contributed by atoms with van der Waals surface area (Å²) in [6.07, 6.45) is -0.583. The normalized spacial score (nSPS) is 10.9. The van der Waals surface area contributed by atoms with Crippen molar-refractivity contribution in [2.75, 3.05) is 13.2 Å². The fourth-order valence-electron chi connectivity index (χ4n) is 1.10. The number of aromatic carboxylic acids is 1. The minimum absolute atomic E-state index is 0.0468. The molecule has 6 heteroatoms. The van der Waals surface area contributed by atoms with E-state index in [2.05, 4.69) is 10.2 Å². The number of aromatic amines is 1. The van der Waals surface area contributed by atoms with E-state index >= 15 is 0 Å². The summed E-state index contributed by atoms with van der Waals surface area (Å²) >= 11 is 0. The third-order valence-corrected chi connectivity index (χ3v) is 1.71. The first kappa shape index (κ1) is 11.7. The molecule has 1 heterocycles. The van der Waals surface area contributed by atoms with Gasteiger partial charge in [-0.2, -0.15) is 5.10 Å². The molecule has 6 nitrogen and oxygen atoms in total. The Bertz CT molecular complexity index is 318. The SMILES string of the molecule is CCOC(OCC)c1cc(C(=O)O)n[nH]1. The van der Waals surface area contributed by atoms with Crippen molar-refractivity contribution in [3.05, 3.63) is 17.5 Å². The largest absolute Gasteiger partial charge is 0.476 e. The van der Waals surface area contributed by atoms with E-state index in [1.54, 1.807) is 0 Å². The molecule has 0 atom stereocenters. The molecule has 0 aromatic carbocycles. The minimum Gasteiger partial charge on any atom is -0.476 e. The van der Waals surface area contributed by atoms with Crippen LogP contribution in [-0.2, 0) is 9.47 Å². The summed E-state index contributed by atoms with van der Waals surface area (Å²) in [5.74, 6) is -1.08. The van der Waals surface area contributed by atoms with Gasteiger partial charge in [-0.15, -0.1) is 0 Å². The Morgan fingerprint density at radius 1 is 1.53 bits per heavy atom. The van der Waals surface area contributed by atoms with Crippen LogP contribution in [0.25, 0.3) is 0 Å². The van der Waals surface area contributed by atoms with Gasteiger partial charge in [0.25, 0.3) is 0 Å². The number of rotatable bonds is 6. The van der Waals surface area contributed by atoms with Crippen LogP contribution in [0.1, 0.15) is 36.3 Å². The number of aromatic nitrogens is 2. The van der Waals surface area contributed by atoms with Crippen molar-refractivity contribution in [1.82, 2.24) is 10.2 Å². The van der Waals surface area contributed by atoms with E-state index in [-0.39, 0.29) is 5.69 Å². The highest BCUT2D eigenvalue weighted by atomic mass is 16.7. The average molecular weight is 214 g/mol. The van der Waals surface area contributed by atoms with Gasteiger partial charge in [0, 0.05) is 13.2 Å². The first-order chi connectivity index (χ1) is 7.19. The first-order valence-corrected chi connectivity index (χ1v) is 4.70. The monoisotopic (exact) mass is 214 g/mol. The van der Waals surface area contributed by atoms with Gasteiger partial charge in [0.2, 0.25) is 0 Å². The molecule has 1 aromatic rings. The molecule has 0 fully saturated rings. The van der Waals surface area contributed by atoms with E-state index in [0.29, 0.717) is 18.9 Å². The molecule has 0 saturated carbocycles. The lowest BCUT2D eigenvalue weighted by Crippen LogP contribution is -2.09. The van der Waals surface area contributed by atoms with E-state index in [0.717, 1.165) is 0 Å². The van der Waals surface area contributed by atoms with Crippen molar-refractivity contribution in [2.24, 2.45) is 0 Å². The van der Waals surface area contributed by atoms with Gasteiger partial charge < -0.3 is 14.6 Å². The van der Waals surface area contributed by atoms with Gasteiger partial charge in [0.15, 0.2) is 12.0 Å². The summed E-state index contributed by atoms with van der Waals surface area (Å²) < 4.78 is 10.6. The summed E-state index contributed by atoms with van der Waals surface area (Å²) in [6.45, 7) is 4.62. The molecule has 0 aliphatic carbocycles. The standard InChI is InChI=1S/C9H14N2O4/c1-3-14-9(15-4-2)7-5-6(8(12)13)10-11-7/h5,9H,3-4H2,1-2H3,(H,10,11)(H,12,13). The molecule has 0 amide bonds. The topological polar surface area (TPSA) is 84.4 Å². The number of hydrogen-bond donors (Lipinski definition) is 2. The highest BCUT2D eigenvalue weighted by Gasteiger charge is 2.16. The number of carbonyl (C=O) groups is 1. The van der Waals surface area contributed by atoms with E-state index in [1.807, 2.05) is 13.8 Å². The molecule has 0 spiro atoms. The summed E-state index contributed by atoms with van der Waals surface area (Å²) in [5, 5.41) is 14.9. The second-order valence-corrected chi connectivity index (χ2v) is 2.76. The lowest BCUT2D eigenvalue weighted by atomic mass is 10.3. The van der Waals surface area contributed by atoms with Gasteiger partial charge in [0.05, 0.1) is 5.69 Å². The molecular weight excluding hydrogens is 200 g/mol. The zero-order chi connectivity index (χ0) is 11.3. The number of hydrogen-bond acceptors (Lipinski definition) is 4. The fraction of sp³-hybridized carbons (Fsp3) is 0.556. The van der Waals surface area contributed by atoms with Crippen LogP contribution in [0.15, 0.2) is 6.07 Å². The molecule has 84 valence electrons. The van der Waals surface area contributed by atoms with Gasteiger partial charge in [-0.05, 0) is 19.9 Å². The summed E-state index contributed by atoms with van der Waals surface area (Å²) in [7, 11) is 0. The second-order valence-electron chi connectivity index (χ2n) is 2.76. The Labute approximate surface area is 87.2 Å². The maximum atomic E-state index is 10.6. The van der Waals surface area contributed by atoms with Crippen LogP contribution in [-0.4, -0.2) is 34.5 Å². The fourth-order valence-corrected chi connectivity index (χ4v) is 1.10. The third kappa shape index (κ3) is 3.03. The Hall–Kier alpha value is -1.40. The number of ether oxygens (including phenoxy) is 2. The maximum absolute atomic E-state index is 10.6. The predicted octanol–water partition coefficient (Wildman–Crippen LogP) is 1.18. The number of nitrogens with one attached hydrogen (secondary N) is 1. The maximum Gasteiger partial charge on any atom is 0.356 e. The lowest BCUT2D eigenvalue weighted by molar-refractivity contribution is -0.142. The molecule has 0 aliphatic rings. The zero-order valence-corrected chi connectivity index (χ0v) is 8.69. The minimum atomic E-state index is -1.08. The summed E-state index contributed by atoms with van der Waals surface area (Å²) in [5.41, 5.74) is 0.463. The van der Waals surface area contributed by atoms with Crippen molar-refractivity contribution < 1.29 is 19.4 Å². The van der Waals surface area contributed by atoms with Crippen molar-refractivity contribution in [3.8, 4) is 0 Å². The van der Waals surface area contributed by atoms with Crippen LogP contribution in [0.5, 0.6) is 0 Å². The van der Waals surface area contributed by atoms with Crippen LogP contribution in [0.2, 0.25) is 0 Å². The second kappa shape index (κ2) is 5.47. The highest BCUT2D eigenvalue weighted by Crippen LogP contribution is 2.17. The molecule has 1 rings (SSSR count). The van der Waals surface area contributed by atoms with Gasteiger partial charge in [-0.25, -0.2) is 4.79 Å². The third-order valence-electron chi connectivity index (χ3n) is 1.71. The van der Waals surface area contributed by atoms with Crippen LogP contribution in [0.3, 0.4) is 0 Å². The first-order valence-electron chi connectivity index (χ1n) is 4.70. The Kier molecular flexibility index (Phi) is 4.26. The van der Waals surface area contributed by atoms with Crippen LogP contribution in [0.4, 0.5) is 0 Å². The molecule has 2 N–H and O–H groups in total. The highest BCUT2D eigenvalue weighted by molar-refractivity contribution is 5.85. The van der Waals surface area contributed by atoms with E-state index in [4.69, 9.17) is 14.6 Å². The molecule has 0 saturated heterocycles. The Morgan fingerprint density at radius 2 is 2.13 bits per heavy atom. The quantitative estimate of drug-likeness (QED) is 0.694. The van der Waals surface area contributed by atoms with E-state index < -0.39 is 12.3 Å². The van der Waals surface area contributed by atoms with Gasteiger partial charge in [0.1, 0.15) is 0 Å². The molecule has 0 unspecified atom stereocenters. The van der Waals surface area contributed by atoms with Crippen molar-refractivity contribution in [1.29, 1.82) is 0 Å². The zero-order valence-electron chi connectivity index (χ0n) is 8.69.